The molecule has 2 heterocycles. The first-order valence-electron chi connectivity index (χ1n) is 6.38. The lowest BCUT2D eigenvalue weighted by Gasteiger charge is -2.28. The highest BCUT2D eigenvalue weighted by molar-refractivity contribution is 7.10. The summed E-state index contributed by atoms with van der Waals surface area (Å²) in [5, 5.41) is 2.84. The van der Waals surface area contributed by atoms with E-state index < -0.39 is 0 Å². The molecule has 0 spiro atoms. The van der Waals surface area contributed by atoms with Crippen LogP contribution in [-0.4, -0.2) is 24.5 Å². The third-order valence-electron chi connectivity index (χ3n) is 3.63. The van der Waals surface area contributed by atoms with E-state index in [1.54, 1.807) is 11.3 Å². The molecule has 0 amide bonds. The molecule has 1 fully saturated rings. The molecule has 0 saturated carbocycles. The molecule has 0 radical (unpaired) electrons. The van der Waals surface area contributed by atoms with Gasteiger partial charge in [0.25, 0.3) is 0 Å². The first-order valence-corrected chi connectivity index (χ1v) is 7.64. The fraction of sp³-hybridized carbons (Fsp3) is 0.692. The highest BCUT2D eigenvalue weighted by Crippen LogP contribution is 2.30. The zero-order valence-electron chi connectivity index (χ0n) is 10.4. The van der Waals surface area contributed by atoms with Crippen molar-refractivity contribution in [2.24, 2.45) is 11.7 Å². The summed E-state index contributed by atoms with van der Waals surface area (Å²) in [6.07, 6.45) is 3.92. The summed E-state index contributed by atoms with van der Waals surface area (Å²) in [4.78, 5) is 3.85. The van der Waals surface area contributed by atoms with E-state index in [9.17, 15) is 0 Å². The predicted molar refractivity (Wildman–Crippen MR) is 75.7 cm³/mol. The van der Waals surface area contributed by atoms with Gasteiger partial charge in [-0.2, -0.15) is 0 Å². The quantitative estimate of drug-likeness (QED) is 0.912. The highest BCUT2D eigenvalue weighted by atomic mass is 35.5. The van der Waals surface area contributed by atoms with Crippen LogP contribution in [0.25, 0.3) is 0 Å². The van der Waals surface area contributed by atoms with Crippen molar-refractivity contribution in [1.29, 1.82) is 0 Å². The summed E-state index contributed by atoms with van der Waals surface area (Å²) in [6.45, 7) is 5.37. The molecule has 4 heteroatoms. The molecule has 0 aromatic carbocycles. The second-order valence-corrected chi connectivity index (χ2v) is 6.37. The van der Waals surface area contributed by atoms with Gasteiger partial charge in [-0.1, -0.05) is 18.5 Å². The van der Waals surface area contributed by atoms with Crippen LogP contribution >= 0.6 is 22.9 Å². The minimum atomic E-state index is 0.359. The van der Waals surface area contributed by atoms with E-state index in [2.05, 4.69) is 17.9 Å². The maximum absolute atomic E-state index is 6.01. The smallest absolute Gasteiger partial charge is 0.0564 e. The normalized spacial score (nSPS) is 24.5. The van der Waals surface area contributed by atoms with Gasteiger partial charge in [-0.05, 0) is 44.3 Å². The zero-order valence-corrected chi connectivity index (χ0v) is 11.9. The Morgan fingerprint density at radius 2 is 2.35 bits per heavy atom. The van der Waals surface area contributed by atoms with Crippen LogP contribution in [0, 0.1) is 5.92 Å². The lowest BCUT2D eigenvalue weighted by atomic mass is 10.0. The topological polar surface area (TPSA) is 29.3 Å². The van der Waals surface area contributed by atoms with Crippen LogP contribution in [0.2, 0.25) is 5.02 Å². The van der Waals surface area contributed by atoms with Crippen LogP contribution in [-0.2, 0) is 0 Å². The molecule has 0 aliphatic carbocycles. The van der Waals surface area contributed by atoms with Gasteiger partial charge < -0.3 is 5.73 Å². The van der Waals surface area contributed by atoms with E-state index in [4.69, 9.17) is 17.3 Å². The molecule has 2 atom stereocenters. The van der Waals surface area contributed by atoms with Crippen molar-refractivity contribution in [2.75, 3.05) is 19.6 Å². The number of likely N-dealkylation sites (tertiary alicyclic amines) is 1. The maximum atomic E-state index is 6.01. The summed E-state index contributed by atoms with van der Waals surface area (Å²) in [5.74, 6) is 0.852. The molecular weight excluding hydrogens is 252 g/mol. The van der Waals surface area contributed by atoms with Crippen LogP contribution in [0.3, 0.4) is 0 Å². The Morgan fingerprint density at radius 3 is 3.00 bits per heavy atom. The summed E-state index contributed by atoms with van der Waals surface area (Å²) >= 11 is 7.74. The molecular formula is C13H21ClN2S. The van der Waals surface area contributed by atoms with E-state index >= 15 is 0 Å². The third kappa shape index (κ3) is 3.44. The van der Waals surface area contributed by atoms with Gasteiger partial charge in [0, 0.05) is 16.8 Å². The SMILES string of the molecule is CC1CCCN(C(CN)c2cc(Cl)cs2)CC1. The van der Waals surface area contributed by atoms with Crippen molar-refractivity contribution in [1.82, 2.24) is 4.90 Å². The predicted octanol–water partition coefficient (Wildman–Crippen LogP) is 3.52. The summed E-state index contributed by atoms with van der Waals surface area (Å²) in [5.41, 5.74) is 5.95. The Hall–Kier alpha value is -0.0900. The maximum Gasteiger partial charge on any atom is 0.0564 e. The van der Waals surface area contributed by atoms with Crippen LogP contribution in [0.15, 0.2) is 11.4 Å². The van der Waals surface area contributed by atoms with Crippen molar-refractivity contribution in [2.45, 2.75) is 32.2 Å². The number of nitrogens with zero attached hydrogens (tertiary/aromatic N) is 1. The van der Waals surface area contributed by atoms with E-state index in [1.165, 1.54) is 37.2 Å². The minimum Gasteiger partial charge on any atom is -0.329 e. The highest BCUT2D eigenvalue weighted by Gasteiger charge is 2.23. The Bertz CT molecular complexity index is 353. The van der Waals surface area contributed by atoms with Crippen LogP contribution < -0.4 is 5.73 Å². The Morgan fingerprint density at radius 1 is 1.53 bits per heavy atom. The van der Waals surface area contributed by atoms with E-state index in [1.807, 2.05) is 5.38 Å². The first-order chi connectivity index (χ1) is 8.20. The fourth-order valence-electron chi connectivity index (χ4n) is 2.55. The molecule has 1 aromatic rings. The van der Waals surface area contributed by atoms with Gasteiger partial charge in [-0.3, -0.25) is 4.90 Å². The van der Waals surface area contributed by atoms with Gasteiger partial charge in [0.05, 0.1) is 11.1 Å². The van der Waals surface area contributed by atoms with Gasteiger partial charge in [0.1, 0.15) is 0 Å². The molecule has 1 aliphatic heterocycles. The van der Waals surface area contributed by atoms with Crippen molar-refractivity contribution in [3.05, 3.63) is 21.3 Å². The number of hydrogen-bond donors (Lipinski definition) is 1. The average Bonchev–Trinajstić information content (AvgIpc) is 2.61. The monoisotopic (exact) mass is 272 g/mol. The number of hydrogen-bond acceptors (Lipinski definition) is 3. The fourth-order valence-corrected chi connectivity index (χ4v) is 3.78. The van der Waals surface area contributed by atoms with E-state index in [0.717, 1.165) is 10.9 Å². The van der Waals surface area contributed by atoms with Gasteiger partial charge in [-0.15, -0.1) is 11.3 Å². The minimum absolute atomic E-state index is 0.359. The molecule has 1 aromatic heterocycles. The summed E-state index contributed by atoms with van der Waals surface area (Å²) in [6, 6.07) is 2.43. The standard InChI is InChI=1S/C13H21ClN2S/c1-10-3-2-5-16(6-4-10)12(8-15)13-7-11(14)9-17-13/h7,9-10,12H,2-6,8,15H2,1H3. The Balaban J connectivity index is 2.07. The van der Waals surface area contributed by atoms with Gasteiger partial charge in [0.15, 0.2) is 0 Å². The lowest BCUT2D eigenvalue weighted by Crippen LogP contribution is -2.34. The number of rotatable bonds is 3. The van der Waals surface area contributed by atoms with Crippen molar-refractivity contribution >= 4 is 22.9 Å². The molecule has 2 N–H and O–H groups in total. The number of halogens is 1. The molecule has 2 rings (SSSR count). The molecule has 2 unspecified atom stereocenters. The van der Waals surface area contributed by atoms with Crippen molar-refractivity contribution in [3.8, 4) is 0 Å². The van der Waals surface area contributed by atoms with Crippen molar-refractivity contribution < 1.29 is 0 Å². The number of thiophene rings is 1. The Kier molecular flexibility index (Phi) is 4.86. The lowest BCUT2D eigenvalue weighted by molar-refractivity contribution is 0.210. The Labute approximate surface area is 113 Å². The van der Waals surface area contributed by atoms with Gasteiger partial charge in [-0.25, -0.2) is 0 Å². The molecule has 17 heavy (non-hydrogen) atoms. The second-order valence-electron chi connectivity index (χ2n) is 4.99. The zero-order chi connectivity index (χ0) is 12.3. The van der Waals surface area contributed by atoms with E-state index in [0.29, 0.717) is 12.6 Å². The largest absolute Gasteiger partial charge is 0.329 e. The molecule has 1 saturated heterocycles. The third-order valence-corrected chi connectivity index (χ3v) is 5.01. The first kappa shape index (κ1) is 13.3. The molecule has 2 nitrogen and oxygen atoms in total. The molecule has 0 bridgehead atoms. The van der Waals surface area contributed by atoms with Gasteiger partial charge in [0.2, 0.25) is 0 Å². The van der Waals surface area contributed by atoms with E-state index in [-0.39, 0.29) is 0 Å². The second kappa shape index (κ2) is 6.19. The molecule has 96 valence electrons. The molecule has 1 aliphatic rings. The summed E-state index contributed by atoms with van der Waals surface area (Å²) < 4.78 is 0. The van der Waals surface area contributed by atoms with Gasteiger partial charge >= 0.3 is 0 Å². The van der Waals surface area contributed by atoms with Crippen LogP contribution in [0.4, 0.5) is 0 Å². The number of nitrogens with two attached hydrogens (primary N) is 1. The van der Waals surface area contributed by atoms with Crippen molar-refractivity contribution in [3.63, 3.8) is 0 Å². The summed E-state index contributed by atoms with van der Waals surface area (Å²) in [7, 11) is 0. The van der Waals surface area contributed by atoms with Crippen LogP contribution in [0.5, 0.6) is 0 Å². The average molecular weight is 273 g/mol. The van der Waals surface area contributed by atoms with Crippen LogP contribution in [0.1, 0.15) is 37.1 Å².